The average Bonchev–Trinajstić information content (AvgIpc) is 3.19. The largest absolute Gasteiger partial charge is 0.360 e. The summed E-state index contributed by atoms with van der Waals surface area (Å²) in [6.07, 6.45) is 1.73. The predicted octanol–water partition coefficient (Wildman–Crippen LogP) is 1.69. The van der Waals surface area contributed by atoms with E-state index >= 15 is 0 Å². The molecule has 0 aromatic carbocycles. The molecule has 3 aromatic heterocycles. The smallest absolute Gasteiger partial charge is 0.261 e. The second-order valence-corrected chi connectivity index (χ2v) is 6.48. The highest BCUT2D eigenvalue weighted by molar-refractivity contribution is 7.99. The second kappa shape index (κ2) is 7.56. The summed E-state index contributed by atoms with van der Waals surface area (Å²) < 4.78 is 8.20. The summed E-state index contributed by atoms with van der Waals surface area (Å²) >= 11 is 1.22. The van der Waals surface area contributed by atoms with Gasteiger partial charge in [-0.3, -0.25) is 9.59 Å². The van der Waals surface area contributed by atoms with E-state index in [2.05, 4.69) is 20.7 Å². The molecule has 0 aliphatic rings. The third-order valence-electron chi connectivity index (χ3n) is 3.66. The number of hydrogen-bond donors (Lipinski definition) is 1. The van der Waals surface area contributed by atoms with E-state index in [9.17, 15) is 9.59 Å². The zero-order valence-corrected chi connectivity index (χ0v) is 15.4. The van der Waals surface area contributed by atoms with E-state index in [-0.39, 0.29) is 17.2 Å². The lowest BCUT2D eigenvalue weighted by Crippen LogP contribution is -2.20. The standard InChI is InChI=1S/C16H18N6O3S/c1-4-22-7-5-6-11(15(22)24)14-18-19-16(21(14)3)26-9-13(23)17-12-8-10(2)25-20-12/h5-8H,4,9H2,1-3H3,(H,17,20,23). The fraction of sp³-hybridized carbons (Fsp3) is 0.312. The predicted molar refractivity (Wildman–Crippen MR) is 97.0 cm³/mol. The molecule has 0 bridgehead atoms. The van der Waals surface area contributed by atoms with Gasteiger partial charge in [0.15, 0.2) is 16.8 Å². The van der Waals surface area contributed by atoms with E-state index in [1.807, 2.05) is 6.92 Å². The zero-order chi connectivity index (χ0) is 18.7. The third-order valence-corrected chi connectivity index (χ3v) is 4.68. The minimum absolute atomic E-state index is 0.124. The van der Waals surface area contributed by atoms with Crippen LogP contribution >= 0.6 is 11.8 Å². The Morgan fingerprint density at radius 2 is 2.19 bits per heavy atom. The zero-order valence-electron chi connectivity index (χ0n) is 14.6. The van der Waals surface area contributed by atoms with Gasteiger partial charge in [0.25, 0.3) is 5.56 Å². The molecule has 3 heterocycles. The van der Waals surface area contributed by atoms with Crippen LogP contribution in [0.25, 0.3) is 11.4 Å². The van der Waals surface area contributed by atoms with Gasteiger partial charge in [-0.2, -0.15) is 0 Å². The molecule has 0 fully saturated rings. The highest BCUT2D eigenvalue weighted by atomic mass is 32.2. The van der Waals surface area contributed by atoms with E-state index in [4.69, 9.17) is 4.52 Å². The van der Waals surface area contributed by atoms with Gasteiger partial charge < -0.3 is 19.0 Å². The molecule has 0 saturated heterocycles. The molecule has 10 heteroatoms. The number of aromatic nitrogens is 5. The molecule has 26 heavy (non-hydrogen) atoms. The first-order chi connectivity index (χ1) is 12.5. The van der Waals surface area contributed by atoms with Crippen LogP contribution in [0.15, 0.2) is 38.9 Å². The normalized spacial score (nSPS) is 10.9. The quantitative estimate of drug-likeness (QED) is 0.654. The first-order valence-corrected chi connectivity index (χ1v) is 8.93. The summed E-state index contributed by atoms with van der Waals surface area (Å²) in [6, 6.07) is 5.15. The van der Waals surface area contributed by atoms with E-state index in [0.29, 0.717) is 34.7 Å². The number of rotatable bonds is 6. The summed E-state index contributed by atoms with van der Waals surface area (Å²) in [7, 11) is 1.76. The maximum atomic E-state index is 12.4. The third kappa shape index (κ3) is 3.69. The van der Waals surface area contributed by atoms with E-state index in [0.717, 1.165) is 0 Å². The van der Waals surface area contributed by atoms with Crippen molar-refractivity contribution in [3.8, 4) is 11.4 Å². The number of thioether (sulfide) groups is 1. The molecule has 1 N–H and O–H groups in total. The highest BCUT2D eigenvalue weighted by Gasteiger charge is 2.16. The van der Waals surface area contributed by atoms with Gasteiger partial charge in [-0.05, 0) is 26.0 Å². The molecule has 1 amide bonds. The lowest BCUT2D eigenvalue weighted by molar-refractivity contribution is -0.113. The summed E-state index contributed by atoms with van der Waals surface area (Å²) in [5, 5.41) is 15.1. The number of anilines is 1. The van der Waals surface area contributed by atoms with Crippen LogP contribution < -0.4 is 10.9 Å². The molecular formula is C16H18N6O3S. The summed E-state index contributed by atoms with van der Waals surface area (Å²) in [4.78, 5) is 24.4. The molecule has 0 spiro atoms. The van der Waals surface area contributed by atoms with Crippen molar-refractivity contribution < 1.29 is 9.32 Å². The fourth-order valence-corrected chi connectivity index (χ4v) is 3.08. The Balaban J connectivity index is 1.71. The maximum absolute atomic E-state index is 12.4. The van der Waals surface area contributed by atoms with Crippen molar-refractivity contribution in [1.82, 2.24) is 24.5 Å². The Labute approximate surface area is 153 Å². The Kier molecular flexibility index (Phi) is 5.21. The Morgan fingerprint density at radius 3 is 2.88 bits per heavy atom. The van der Waals surface area contributed by atoms with E-state index in [1.165, 1.54) is 11.8 Å². The number of carbonyl (C=O) groups excluding carboxylic acids is 1. The van der Waals surface area contributed by atoms with Gasteiger partial charge in [0, 0.05) is 25.9 Å². The summed E-state index contributed by atoms with van der Waals surface area (Å²) in [6.45, 7) is 4.22. The van der Waals surface area contributed by atoms with Gasteiger partial charge >= 0.3 is 0 Å². The number of nitrogens with one attached hydrogen (secondary N) is 1. The molecule has 0 aliphatic heterocycles. The molecule has 3 aromatic rings. The van der Waals surface area contributed by atoms with Crippen LogP contribution in [0, 0.1) is 6.92 Å². The van der Waals surface area contributed by atoms with Crippen molar-refractivity contribution in [3.05, 3.63) is 40.5 Å². The first-order valence-electron chi connectivity index (χ1n) is 7.94. The van der Waals surface area contributed by atoms with Crippen molar-refractivity contribution in [2.45, 2.75) is 25.5 Å². The molecule has 3 rings (SSSR count). The van der Waals surface area contributed by atoms with Crippen LogP contribution in [0.5, 0.6) is 0 Å². The monoisotopic (exact) mass is 374 g/mol. The van der Waals surface area contributed by atoms with Gasteiger partial charge in [0.1, 0.15) is 5.76 Å². The van der Waals surface area contributed by atoms with Crippen LogP contribution in [-0.4, -0.2) is 36.1 Å². The number of aryl methyl sites for hydroxylation is 2. The number of pyridine rings is 1. The fourth-order valence-electron chi connectivity index (χ4n) is 2.37. The minimum Gasteiger partial charge on any atom is -0.360 e. The molecule has 0 saturated carbocycles. The number of amides is 1. The lowest BCUT2D eigenvalue weighted by Gasteiger charge is -2.06. The summed E-state index contributed by atoms with van der Waals surface area (Å²) in [5.41, 5.74) is 0.347. The van der Waals surface area contributed by atoms with Crippen molar-refractivity contribution in [1.29, 1.82) is 0 Å². The van der Waals surface area contributed by atoms with Crippen LogP contribution in [0.3, 0.4) is 0 Å². The lowest BCUT2D eigenvalue weighted by atomic mass is 10.2. The van der Waals surface area contributed by atoms with Crippen molar-refractivity contribution in [3.63, 3.8) is 0 Å². The van der Waals surface area contributed by atoms with Crippen molar-refractivity contribution in [2.24, 2.45) is 7.05 Å². The van der Waals surface area contributed by atoms with Gasteiger partial charge in [-0.15, -0.1) is 10.2 Å². The molecule has 0 aliphatic carbocycles. The van der Waals surface area contributed by atoms with Gasteiger partial charge in [-0.1, -0.05) is 16.9 Å². The Hall–Kier alpha value is -2.88. The van der Waals surface area contributed by atoms with Crippen LogP contribution in [0.1, 0.15) is 12.7 Å². The maximum Gasteiger partial charge on any atom is 0.261 e. The van der Waals surface area contributed by atoms with E-state index in [1.54, 1.807) is 47.5 Å². The van der Waals surface area contributed by atoms with Crippen molar-refractivity contribution >= 4 is 23.5 Å². The molecule has 136 valence electrons. The molecular weight excluding hydrogens is 356 g/mol. The molecule has 0 unspecified atom stereocenters. The topological polar surface area (TPSA) is 108 Å². The average molecular weight is 374 g/mol. The van der Waals surface area contributed by atoms with Gasteiger partial charge in [0.2, 0.25) is 5.91 Å². The van der Waals surface area contributed by atoms with Gasteiger partial charge in [-0.25, -0.2) is 0 Å². The number of nitrogens with zero attached hydrogens (tertiary/aromatic N) is 5. The van der Waals surface area contributed by atoms with Crippen LogP contribution in [0.4, 0.5) is 5.82 Å². The van der Waals surface area contributed by atoms with Crippen molar-refractivity contribution in [2.75, 3.05) is 11.1 Å². The summed E-state index contributed by atoms with van der Waals surface area (Å²) in [5.74, 6) is 1.35. The molecule has 0 atom stereocenters. The minimum atomic E-state index is -0.235. The second-order valence-electron chi connectivity index (χ2n) is 5.54. The SMILES string of the molecule is CCn1cccc(-c2nnc(SCC(=O)Nc3cc(C)on3)n2C)c1=O. The Bertz CT molecular complexity index is 990. The molecule has 9 nitrogen and oxygen atoms in total. The number of carbonyl (C=O) groups is 1. The number of hydrogen-bond acceptors (Lipinski definition) is 7. The van der Waals surface area contributed by atoms with Gasteiger partial charge in [0.05, 0.1) is 11.3 Å². The molecule has 0 radical (unpaired) electrons. The van der Waals surface area contributed by atoms with E-state index < -0.39 is 0 Å². The Morgan fingerprint density at radius 1 is 1.38 bits per heavy atom. The van der Waals surface area contributed by atoms with Crippen LogP contribution in [0.2, 0.25) is 0 Å². The van der Waals surface area contributed by atoms with Crippen LogP contribution in [-0.2, 0) is 18.4 Å². The highest BCUT2D eigenvalue weighted by Crippen LogP contribution is 2.20. The first kappa shape index (κ1) is 17.9.